The van der Waals surface area contributed by atoms with Crippen LogP contribution >= 0.6 is 0 Å². The molecule has 0 unspecified atom stereocenters. The normalized spacial score (nSPS) is 20.9. The minimum absolute atomic E-state index is 0.223. The van der Waals surface area contributed by atoms with E-state index in [0.29, 0.717) is 19.1 Å². The van der Waals surface area contributed by atoms with Crippen molar-refractivity contribution in [3.8, 4) is 5.75 Å². The predicted molar refractivity (Wildman–Crippen MR) is 117 cm³/mol. The second-order valence-corrected chi connectivity index (χ2v) is 8.97. The molecule has 1 saturated heterocycles. The Bertz CT molecular complexity index is 854. The molecule has 1 spiro atoms. The van der Waals surface area contributed by atoms with Gasteiger partial charge >= 0.3 is 0 Å². The van der Waals surface area contributed by atoms with Crippen LogP contribution in [0.3, 0.4) is 0 Å². The number of nitrogens with zero attached hydrogens (tertiary/aromatic N) is 4. The van der Waals surface area contributed by atoms with Crippen LogP contribution in [0.25, 0.3) is 0 Å². The van der Waals surface area contributed by atoms with Gasteiger partial charge in [0.05, 0.1) is 18.2 Å². The largest absolute Gasteiger partial charge is 0.491 e. The lowest BCUT2D eigenvalue weighted by molar-refractivity contribution is -0.145. The zero-order valence-corrected chi connectivity index (χ0v) is 18.3. The molecule has 0 saturated carbocycles. The summed E-state index contributed by atoms with van der Waals surface area (Å²) in [5.74, 6) is 1.28. The van der Waals surface area contributed by atoms with Crippen molar-refractivity contribution >= 4 is 5.91 Å². The van der Waals surface area contributed by atoms with Crippen LogP contribution < -0.4 is 4.74 Å². The minimum Gasteiger partial charge on any atom is -0.491 e. The average molecular weight is 411 g/mol. The van der Waals surface area contributed by atoms with Crippen molar-refractivity contribution in [1.29, 1.82) is 0 Å². The lowest BCUT2D eigenvalue weighted by atomic mass is 9.73. The quantitative estimate of drug-likeness (QED) is 0.763. The first kappa shape index (κ1) is 20.9. The summed E-state index contributed by atoms with van der Waals surface area (Å²) in [6, 6.07) is 8.32. The molecule has 1 aromatic heterocycles. The molecule has 1 aromatic carbocycles. The summed E-state index contributed by atoms with van der Waals surface area (Å²) in [6.45, 7) is 4.02. The summed E-state index contributed by atoms with van der Waals surface area (Å²) in [6.07, 6.45) is 10.1. The third-order valence-electron chi connectivity index (χ3n) is 6.79. The highest BCUT2D eigenvalue weighted by Gasteiger charge is 2.42. The van der Waals surface area contributed by atoms with E-state index in [4.69, 9.17) is 4.74 Å². The highest BCUT2D eigenvalue weighted by Crippen LogP contribution is 2.39. The summed E-state index contributed by atoms with van der Waals surface area (Å²) in [4.78, 5) is 17.9. The SMILES string of the molecule is CN1CCOc2ccccc2CCCCC2(CCN(Cc3cnn(C)c3)CC2)C1=O. The highest BCUT2D eigenvalue weighted by atomic mass is 16.5. The maximum atomic E-state index is 13.5. The van der Waals surface area contributed by atoms with Gasteiger partial charge in [-0.25, -0.2) is 0 Å². The smallest absolute Gasteiger partial charge is 0.228 e. The number of hydrogen-bond acceptors (Lipinski definition) is 4. The molecule has 0 atom stereocenters. The lowest BCUT2D eigenvalue weighted by Gasteiger charge is -2.43. The highest BCUT2D eigenvalue weighted by molar-refractivity contribution is 5.82. The van der Waals surface area contributed by atoms with Crippen molar-refractivity contribution < 1.29 is 9.53 Å². The third kappa shape index (κ3) is 4.69. The van der Waals surface area contributed by atoms with Crippen LogP contribution in [-0.4, -0.2) is 58.8 Å². The first-order valence-electron chi connectivity index (χ1n) is 11.2. The predicted octanol–water partition coefficient (Wildman–Crippen LogP) is 3.27. The number of aromatic nitrogens is 2. The fourth-order valence-corrected chi connectivity index (χ4v) is 4.95. The standard InChI is InChI=1S/C24H34N4O2/c1-26-15-16-30-22-9-4-3-7-21(22)8-5-6-10-24(23(26)29)11-13-28(14-12-24)19-20-17-25-27(2)18-20/h3-4,7,9,17-18H,5-6,8,10-16,19H2,1-2H3. The number of carbonyl (C=O) groups is 1. The van der Waals surface area contributed by atoms with Gasteiger partial charge in [-0.2, -0.15) is 5.10 Å². The van der Waals surface area contributed by atoms with E-state index in [1.165, 1.54) is 11.1 Å². The Labute approximate surface area is 179 Å². The van der Waals surface area contributed by atoms with Crippen molar-refractivity contribution in [3.63, 3.8) is 0 Å². The fraction of sp³-hybridized carbons (Fsp3) is 0.583. The molecular weight excluding hydrogens is 376 g/mol. The third-order valence-corrected chi connectivity index (χ3v) is 6.79. The van der Waals surface area contributed by atoms with Crippen LogP contribution in [0.1, 0.15) is 43.2 Å². The Kier molecular flexibility index (Phi) is 6.42. The van der Waals surface area contributed by atoms with Crippen molar-refractivity contribution in [1.82, 2.24) is 19.6 Å². The van der Waals surface area contributed by atoms with Gasteiger partial charge in [-0.05, 0) is 56.8 Å². The molecule has 30 heavy (non-hydrogen) atoms. The number of para-hydroxylation sites is 1. The van der Waals surface area contributed by atoms with E-state index < -0.39 is 0 Å². The molecule has 2 aliphatic rings. The zero-order valence-electron chi connectivity index (χ0n) is 18.3. The molecule has 0 bridgehead atoms. The van der Waals surface area contributed by atoms with Gasteiger partial charge in [-0.3, -0.25) is 14.4 Å². The summed E-state index contributed by atoms with van der Waals surface area (Å²) in [7, 11) is 3.89. The van der Waals surface area contributed by atoms with Crippen LogP contribution in [0, 0.1) is 5.41 Å². The maximum absolute atomic E-state index is 13.5. The second kappa shape index (κ2) is 9.21. The lowest BCUT2D eigenvalue weighted by Crippen LogP contribution is -2.50. The fourth-order valence-electron chi connectivity index (χ4n) is 4.95. The molecule has 2 aliphatic heterocycles. The Morgan fingerprint density at radius 2 is 1.87 bits per heavy atom. The number of ether oxygens (including phenoxy) is 1. The van der Waals surface area contributed by atoms with Gasteiger partial charge in [0.2, 0.25) is 5.91 Å². The van der Waals surface area contributed by atoms with Crippen molar-refractivity contribution in [2.75, 3.05) is 33.3 Å². The van der Waals surface area contributed by atoms with Gasteiger partial charge in [-0.1, -0.05) is 24.6 Å². The van der Waals surface area contributed by atoms with Crippen molar-refractivity contribution in [2.45, 2.75) is 45.1 Å². The number of carbonyl (C=O) groups excluding carboxylic acids is 1. The molecule has 1 fully saturated rings. The number of benzene rings is 1. The average Bonchev–Trinajstić information content (AvgIpc) is 3.16. The Hall–Kier alpha value is -2.34. The molecule has 0 N–H and O–H groups in total. The van der Waals surface area contributed by atoms with Gasteiger partial charge in [0.1, 0.15) is 12.4 Å². The van der Waals surface area contributed by atoms with E-state index in [-0.39, 0.29) is 5.41 Å². The van der Waals surface area contributed by atoms with Gasteiger partial charge in [0.25, 0.3) is 0 Å². The molecule has 6 nitrogen and oxygen atoms in total. The number of aryl methyl sites for hydroxylation is 2. The van der Waals surface area contributed by atoms with Crippen LogP contribution in [0.4, 0.5) is 0 Å². The number of likely N-dealkylation sites (N-methyl/N-ethyl adjacent to an activating group) is 1. The molecule has 0 aliphatic carbocycles. The second-order valence-electron chi connectivity index (χ2n) is 8.97. The van der Waals surface area contributed by atoms with Crippen LogP contribution in [0.15, 0.2) is 36.7 Å². The number of rotatable bonds is 2. The van der Waals surface area contributed by atoms with Gasteiger partial charge in [0.15, 0.2) is 0 Å². The topological polar surface area (TPSA) is 50.6 Å². The first-order chi connectivity index (χ1) is 14.6. The van der Waals surface area contributed by atoms with E-state index in [1.807, 2.05) is 42.0 Å². The van der Waals surface area contributed by atoms with Gasteiger partial charge in [0, 0.05) is 32.4 Å². The first-order valence-corrected chi connectivity index (χ1v) is 11.2. The summed E-state index contributed by atoms with van der Waals surface area (Å²) in [5, 5.41) is 4.28. The number of fused-ring (bicyclic) bond motifs is 1. The van der Waals surface area contributed by atoms with E-state index in [9.17, 15) is 4.79 Å². The molecule has 0 radical (unpaired) electrons. The maximum Gasteiger partial charge on any atom is 0.228 e. The number of piperidine rings is 1. The molecule has 162 valence electrons. The Balaban J connectivity index is 1.42. The summed E-state index contributed by atoms with van der Waals surface area (Å²) < 4.78 is 7.88. The number of amides is 1. The Morgan fingerprint density at radius 3 is 2.63 bits per heavy atom. The van der Waals surface area contributed by atoms with E-state index in [1.54, 1.807) is 0 Å². The van der Waals surface area contributed by atoms with E-state index in [0.717, 1.165) is 63.9 Å². The zero-order chi connectivity index (χ0) is 21.0. The molecule has 6 heteroatoms. The van der Waals surface area contributed by atoms with Gasteiger partial charge in [-0.15, -0.1) is 0 Å². The van der Waals surface area contributed by atoms with Gasteiger partial charge < -0.3 is 9.64 Å². The van der Waals surface area contributed by atoms with E-state index in [2.05, 4.69) is 28.3 Å². The van der Waals surface area contributed by atoms with Crippen LogP contribution in [0.2, 0.25) is 0 Å². The number of hydrogen-bond donors (Lipinski definition) is 0. The Morgan fingerprint density at radius 1 is 1.07 bits per heavy atom. The minimum atomic E-state index is -0.223. The number of likely N-dealkylation sites (tertiary alicyclic amines) is 1. The van der Waals surface area contributed by atoms with Crippen LogP contribution in [-0.2, 0) is 24.8 Å². The molecule has 2 aromatic rings. The molecular formula is C24H34N4O2. The van der Waals surface area contributed by atoms with Crippen LogP contribution in [0.5, 0.6) is 5.75 Å². The molecule has 3 heterocycles. The monoisotopic (exact) mass is 410 g/mol. The van der Waals surface area contributed by atoms with Crippen molar-refractivity contribution in [2.24, 2.45) is 12.5 Å². The summed E-state index contributed by atoms with van der Waals surface area (Å²) >= 11 is 0. The summed E-state index contributed by atoms with van der Waals surface area (Å²) in [5.41, 5.74) is 2.30. The molecule has 4 rings (SSSR count). The van der Waals surface area contributed by atoms with E-state index >= 15 is 0 Å². The molecule has 1 amide bonds. The van der Waals surface area contributed by atoms with Crippen molar-refractivity contribution in [3.05, 3.63) is 47.8 Å².